The maximum atomic E-state index is 12.3. The predicted octanol–water partition coefficient (Wildman–Crippen LogP) is 4.68. The Bertz CT molecular complexity index is 735. The molecule has 0 unspecified atom stereocenters. The van der Waals surface area contributed by atoms with Gasteiger partial charge >= 0.3 is 0 Å². The van der Waals surface area contributed by atoms with Gasteiger partial charge in [0.15, 0.2) is 0 Å². The average Bonchev–Trinajstić information content (AvgIpc) is 2.51. The number of benzene rings is 2. The molecule has 0 saturated heterocycles. The molecule has 1 amide bonds. The van der Waals surface area contributed by atoms with E-state index in [1.165, 1.54) is 17.8 Å². The van der Waals surface area contributed by atoms with Crippen LogP contribution in [0.15, 0.2) is 47.4 Å². The topological polar surface area (TPSA) is 72.2 Å². The fraction of sp³-hybridized carbons (Fsp3) is 0.188. The van der Waals surface area contributed by atoms with Crippen molar-refractivity contribution in [3.8, 4) is 0 Å². The van der Waals surface area contributed by atoms with Gasteiger partial charge in [-0.3, -0.25) is 14.9 Å². The summed E-state index contributed by atoms with van der Waals surface area (Å²) in [6, 6.07) is 11.8. The standard InChI is InChI=1S/C16H15ClN2O3S/c1-10-14(4-3-5-15(10)19(21)22)18-16(20)11(2)23-13-8-6-12(17)7-9-13/h3-9,11H,1-2H3,(H,18,20)/t11-/m1/s1. The van der Waals surface area contributed by atoms with Crippen LogP contribution in [-0.2, 0) is 4.79 Å². The SMILES string of the molecule is Cc1c(NC(=O)[C@@H](C)Sc2ccc(Cl)cc2)cccc1[N+](=O)[O-]. The van der Waals surface area contributed by atoms with Gasteiger partial charge in [-0.25, -0.2) is 0 Å². The van der Waals surface area contributed by atoms with Crippen LogP contribution in [0, 0.1) is 17.0 Å². The maximum absolute atomic E-state index is 12.3. The number of hydrogen-bond donors (Lipinski definition) is 1. The molecule has 0 heterocycles. The number of thioether (sulfide) groups is 1. The molecule has 0 spiro atoms. The highest BCUT2D eigenvalue weighted by atomic mass is 35.5. The Labute approximate surface area is 143 Å². The Balaban J connectivity index is 2.08. The van der Waals surface area contributed by atoms with E-state index in [1.807, 2.05) is 12.1 Å². The van der Waals surface area contributed by atoms with Gasteiger partial charge in [0.25, 0.3) is 5.69 Å². The summed E-state index contributed by atoms with van der Waals surface area (Å²) in [7, 11) is 0. The normalized spacial score (nSPS) is 11.8. The lowest BCUT2D eigenvalue weighted by atomic mass is 10.1. The minimum atomic E-state index is -0.461. The molecule has 23 heavy (non-hydrogen) atoms. The molecule has 7 heteroatoms. The van der Waals surface area contributed by atoms with Gasteiger partial charge in [0.1, 0.15) is 0 Å². The van der Waals surface area contributed by atoms with Crippen molar-refractivity contribution in [3.05, 3.63) is 63.2 Å². The number of carbonyl (C=O) groups is 1. The van der Waals surface area contributed by atoms with Gasteiger partial charge in [-0.2, -0.15) is 0 Å². The predicted molar refractivity (Wildman–Crippen MR) is 93.2 cm³/mol. The Hall–Kier alpha value is -2.05. The Morgan fingerprint density at radius 2 is 1.91 bits per heavy atom. The van der Waals surface area contributed by atoms with Crippen molar-refractivity contribution in [1.82, 2.24) is 0 Å². The third-order valence-corrected chi connectivity index (χ3v) is 4.62. The molecule has 0 aliphatic heterocycles. The highest BCUT2D eigenvalue weighted by Gasteiger charge is 2.18. The molecule has 0 radical (unpaired) electrons. The van der Waals surface area contributed by atoms with Crippen LogP contribution in [0.2, 0.25) is 5.02 Å². The van der Waals surface area contributed by atoms with Crippen LogP contribution in [0.5, 0.6) is 0 Å². The van der Waals surface area contributed by atoms with Gasteiger partial charge in [0, 0.05) is 16.0 Å². The highest BCUT2D eigenvalue weighted by Crippen LogP contribution is 2.28. The third kappa shape index (κ3) is 4.46. The number of rotatable bonds is 5. The van der Waals surface area contributed by atoms with E-state index in [2.05, 4.69) is 5.32 Å². The zero-order valence-corrected chi connectivity index (χ0v) is 14.1. The highest BCUT2D eigenvalue weighted by molar-refractivity contribution is 8.00. The molecule has 2 aromatic rings. The van der Waals surface area contributed by atoms with Crippen LogP contribution >= 0.6 is 23.4 Å². The van der Waals surface area contributed by atoms with E-state index >= 15 is 0 Å². The first-order valence-electron chi connectivity index (χ1n) is 6.85. The van der Waals surface area contributed by atoms with Crippen molar-refractivity contribution >= 4 is 40.6 Å². The fourth-order valence-electron chi connectivity index (χ4n) is 1.96. The molecular weight excluding hydrogens is 336 g/mol. The largest absolute Gasteiger partial charge is 0.325 e. The molecule has 0 aliphatic rings. The summed E-state index contributed by atoms with van der Waals surface area (Å²) < 4.78 is 0. The van der Waals surface area contributed by atoms with Crippen LogP contribution in [0.1, 0.15) is 12.5 Å². The van der Waals surface area contributed by atoms with Crippen LogP contribution < -0.4 is 5.32 Å². The van der Waals surface area contributed by atoms with Crippen LogP contribution in [0.3, 0.4) is 0 Å². The zero-order valence-electron chi connectivity index (χ0n) is 12.6. The van der Waals surface area contributed by atoms with Crippen molar-refractivity contribution in [2.45, 2.75) is 24.0 Å². The van der Waals surface area contributed by atoms with Gasteiger partial charge in [-0.15, -0.1) is 11.8 Å². The summed E-state index contributed by atoms with van der Waals surface area (Å²) in [6.45, 7) is 3.39. The monoisotopic (exact) mass is 350 g/mol. The van der Waals surface area contributed by atoms with E-state index < -0.39 is 4.92 Å². The first-order chi connectivity index (χ1) is 10.9. The Kier molecular flexibility index (Phi) is 5.63. The Morgan fingerprint density at radius 3 is 2.52 bits per heavy atom. The molecule has 0 aromatic heterocycles. The van der Waals surface area contributed by atoms with Crippen molar-refractivity contribution in [2.24, 2.45) is 0 Å². The number of carbonyl (C=O) groups excluding carboxylic acids is 1. The number of anilines is 1. The minimum Gasteiger partial charge on any atom is -0.325 e. The molecule has 2 aromatic carbocycles. The van der Waals surface area contributed by atoms with Gasteiger partial charge in [-0.1, -0.05) is 17.7 Å². The summed E-state index contributed by atoms with van der Waals surface area (Å²) in [5.41, 5.74) is 0.878. The van der Waals surface area contributed by atoms with Crippen molar-refractivity contribution in [2.75, 3.05) is 5.32 Å². The smallest absolute Gasteiger partial charge is 0.274 e. The maximum Gasteiger partial charge on any atom is 0.274 e. The average molecular weight is 351 g/mol. The minimum absolute atomic E-state index is 0.0131. The van der Waals surface area contributed by atoms with Crippen LogP contribution in [0.25, 0.3) is 0 Å². The lowest BCUT2D eigenvalue weighted by Crippen LogP contribution is -2.22. The Morgan fingerprint density at radius 1 is 1.26 bits per heavy atom. The molecule has 0 bridgehead atoms. The van der Waals surface area contributed by atoms with Gasteiger partial charge in [0.2, 0.25) is 5.91 Å². The molecule has 120 valence electrons. The molecular formula is C16H15ClN2O3S. The fourth-order valence-corrected chi connectivity index (χ4v) is 2.96. The first kappa shape index (κ1) is 17.3. The molecule has 0 saturated carbocycles. The summed E-state index contributed by atoms with van der Waals surface area (Å²) in [4.78, 5) is 23.7. The first-order valence-corrected chi connectivity index (χ1v) is 8.11. The summed E-state index contributed by atoms with van der Waals surface area (Å²) >= 11 is 7.22. The number of nitro groups is 1. The number of nitro benzene ring substituents is 1. The number of hydrogen-bond acceptors (Lipinski definition) is 4. The summed E-state index contributed by atoms with van der Waals surface area (Å²) in [5, 5.41) is 14.0. The van der Waals surface area contributed by atoms with Crippen molar-refractivity contribution in [3.63, 3.8) is 0 Å². The number of nitrogens with one attached hydrogen (secondary N) is 1. The molecule has 0 aliphatic carbocycles. The second kappa shape index (κ2) is 7.48. The molecule has 2 rings (SSSR count). The van der Waals surface area contributed by atoms with Crippen molar-refractivity contribution < 1.29 is 9.72 Å². The van der Waals surface area contributed by atoms with Crippen LogP contribution in [0.4, 0.5) is 11.4 Å². The molecule has 1 atom stereocenters. The second-order valence-electron chi connectivity index (χ2n) is 4.91. The molecule has 5 nitrogen and oxygen atoms in total. The van der Waals surface area contributed by atoms with Gasteiger partial charge in [0.05, 0.1) is 21.4 Å². The quantitative estimate of drug-likeness (QED) is 0.483. The van der Waals surface area contributed by atoms with E-state index in [4.69, 9.17) is 11.6 Å². The lowest BCUT2D eigenvalue weighted by molar-refractivity contribution is -0.385. The van der Waals surface area contributed by atoms with E-state index in [0.717, 1.165) is 4.90 Å². The van der Waals surface area contributed by atoms with E-state index in [1.54, 1.807) is 38.1 Å². The van der Waals surface area contributed by atoms with Crippen molar-refractivity contribution in [1.29, 1.82) is 0 Å². The van der Waals surface area contributed by atoms with E-state index in [-0.39, 0.29) is 16.8 Å². The van der Waals surface area contributed by atoms with E-state index in [9.17, 15) is 14.9 Å². The molecule has 1 N–H and O–H groups in total. The van der Waals surface area contributed by atoms with Crippen LogP contribution in [-0.4, -0.2) is 16.1 Å². The summed E-state index contributed by atoms with van der Waals surface area (Å²) in [6.07, 6.45) is 0. The lowest BCUT2D eigenvalue weighted by Gasteiger charge is -2.13. The van der Waals surface area contributed by atoms with E-state index in [0.29, 0.717) is 16.3 Å². The number of halogens is 1. The number of nitrogens with zero attached hydrogens (tertiary/aromatic N) is 1. The van der Waals surface area contributed by atoms with Gasteiger partial charge in [-0.05, 0) is 44.2 Å². The summed E-state index contributed by atoms with van der Waals surface area (Å²) in [5.74, 6) is -0.214. The third-order valence-electron chi connectivity index (χ3n) is 3.26. The molecule has 0 fully saturated rings. The number of amides is 1. The van der Waals surface area contributed by atoms with Gasteiger partial charge < -0.3 is 5.32 Å². The zero-order chi connectivity index (χ0) is 17.0. The second-order valence-corrected chi connectivity index (χ2v) is 6.76.